The summed E-state index contributed by atoms with van der Waals surface area (Å²) in [6.07, 6.45) is 3.13. The molecule has 0 aromatic rings. The Labute approximate surface area is 61.5 Å². The number of esters is 1. The molecule has 0 bridgehead atoms. The molecule has 0 aromatic carbocycles. The molecule has 0 unspecified atom stereocenters. The molecule has 59 valence electrons. The van der Waals surface area contributed by atoms with Gasteiger partial charge in [-0.1, -0.05) is 19.8 Å². The van der Waals surface area contributed by atoms with E-state index in [0.717, 1.165) is 19.3 Å². The van der Waals surface area contributed by atoms with Crippen LogP contribution in [-0.4, -0.2) is 19.1 Å². The van der Waals surface area contributed by atoms with Gasteiger partial charge < -0.3 is 4.74 Å². The highest BCUT2D eigenvalue weighted by Crippen LogP contribution is 1.93. The summed E-state index contributed by atoms with van der Waals surface area (Å²) in [6.45, 7) is 2.31. The minimum atomic E-state index is -0.420. The van der Waals surface area contributed by atoms with E-state index in [-0.39, 0.29) is 6.54 Å². The molecule has 0 saturated heterocycles. The lowest BCUT2D eigenvalue weighted by Gasteiger charge is -2.00. The number of unbranched alkanes of at least 4 members (excludes halogenated alkanes) is 2. The van der Waals surface area contributed by atoms with Crippen LogP contribution in [0.4, 0.5) is 0 Å². The summed E-state index contributed by atoms with van der Waals surface area (Å²) in [4.78, 5) is 10.4. The van der Waals surface area contributed by atoms with Gasteiger partial charge in [0, 0.05) is 0 Å². The maximum Gasteiger partial charge on any atom is 0.321 e. The molecule has 3 nitrogen and oxygen atoms in total. The molecule has 10 heavy (non-hydrogen) atoms. The summed E-state index contributed by atoms with van der Waals surface area (Å²) in [5.41, 5.74) is 6.61. The Hall–Kier alpha value is -0.570. The highest BCUT2D eigenvalue weighted by Gasteiger charge is 1.96. The van der Waals surface area contributed by atoms with Crippen molar-refractivity contribution in [2.45, 2.75) is 26.2 Å². The zero-order valence-corrected chi connectivity index (χ0v) is 6.35. The first-order valence-electron chi connectivity index (χ1n) is 3.61. The third-order valence-corrected chi connectivity index (χ3v) is 1.16. The normalized spacial score (nSPS) is 9.40. The van der Waals surface area contributed by atoms with E-state index >= 15 is 0 Å². The standard InChI is InChI=1S/C7H14NO2/c1-2-3-4-5-10-7(9)6-8/h8H,2-6H2,1H3. The smallest absolute Gasteiger partial charge is 0.321 e. The highest BCUT2D eigenvalue weighted by molar-refractivity contribution is 5.71. The number of carbonyl (C=O) groups is 1. The fourth-order valence-corrected chi connectivity index (χ4v) is 0.589. The average molecular weight is 144 g/mol. The molecule has 3 heteroatoms. The van der Waals surface area contributed by atoms with Gasteiger partial charge in [-0.25, -0.2) is 5.73 Å². The minimum Gasteiger partial charge on any atom is -0.465 e. The van der Waals surface area contributed by atoms with Crippen molar-refractivity contribution in [3.63, 3.8) is 0 Å². The number of ether oxygens (including phenoxy) is 1. The van der Waals surface area contributed by atoms with Crippen molar-refractivity contribution in [3.8, 4) is 0 Å². The van der Waals surface area contributed by atoms with Crippen molar-refractivity contribution < 1.29 is 9.53 Å². The summed E-state index contributed by atoms with van der Waals surface area (Å²) in [5.74, 6) is -0.420. The number of rotatable bonds is 5. The first-order chi connectivity index (χ1) is 4.81. The van der Waals surface area contributed by atoms with Gasteiger partial charge in [-0.05, 0) is 6.42 Å². The Morgan fingerprint density at radius 1 is 1.50 bits per heavy atom. The first kappa shape index (κ1) is 9.43. The second-order valence-corrected chi connectivity index (χ2v) is 2.10. The lowest BCUT2D eigenvalue weighted by molar-refractivity contribution is -0.142. The van der Waals surface area contributed by atoms with Crippen LogP contribution >= 0.6 is 0 Å². The molecule has 0 aromatic heterocycles. The maximum atomic E-state index is 10.4. The van der Waals surface area contributed by atoms with Gasteiger partial charge in [-0.3, -0.25) is 4.79 Å². The largest absolute Gasteiger partial charge is 0.465 e. The molecule has 0 rings (SSSR count). The highest BCUT2D eigenvalue weighted by atomic mass is 16.5. The Morgan fingerprint density at radius 3 is 2.70 bits per heavy atom. The van der Waals surface area contributed by atoms with Gasteiger partial charge in [0.1, 0.15) is 6.54 Å². The van der Waals surface area contributed by atoms with Gasteiger partial charge in [-0.15, -0.1) is 0 Å². The SMILES string of the molecule is CCCCCOC(=O)C[NH]. The number of nitrogens with one attached hydrogen (secondary N) is 1. The zero-order valence-electron chi connectivity index (χ0n) is 6.35. The van der Waals surface area contributed by atoms with Crippen molar-refractivity contribution in [1.29, 1.82) is 0 Å². The van der Waals surface area contributed by atoms with E-state index in [2.05, 4.69) is 11.7 Å². The van der Waals surface area contributed by atoms with Gasteiger partial charge >= 0.3 is 5.97 Å². The lowest BCUT2D eigenvalue weighted by atomic mass is 10.3. The van der Waals surface area contributed by atoms with Crippen LogP contribution in [0, 0.1) is 0 Å². The van der Waals surface area contributed by atoms with E-state index < -0.39 is 5.97 Å². The summed E-state index contributed by atoms with van der Waals surface area (Å²) in [5, 5.41) is 0. The molecule has 0 amide bonds. The molecule has 0 saturated carbocycles. The van der Waals surface area contributed by atoms with Crippen LogP contribution < -0.4 is 5.73 Å². The molecule has 0 spiro atoms. The van der Waals surface area contributed by atoms with Crippen molar-refractivity contribution in [2.24, 2.45) is 0 Å². The van der Waals surface area contributed by atoms with Gasteiger partial charge in [0.25, 0.3) is 0 Å². The Bertz CT molecular complexity index is 93.6. The molecule has 1 radical (unpaired) electrons. The minimum absolute atomic E-state index is 0.258. The summed E-state index contributed by atoms with van der Waals surface area (Å²) >= 11 is 0. The van der Waals surface area contributed by atoms with E-state index in [0.29, 0.717) is 6.61 Å². The van der Waals surface area contributed by atoms with Crippen molar-refractivity contribution in [2.75, 3.05) is 13.2 Å². The molecular weight excluding hydrogens is 130 g/mol. The van der Waals surface area contributed by atoms with E-state index in [1.54, 1.807) is 0 Å². The Balaban J connectivity index is 2.96. The molecular formula is C7H14NO2. The van der Waals surface area contributed by atoms with E-state index in [1.807, 2.05) is 0 Å². The van der Waals surface area contributed by atoms with E-state index in [9.17, 15) is 4.79 Å². The van der Waals surface area contributed by atoms with Crippen molar-refractivity contribution in [3.05, 3.63) is 0 Å². The predicted molar refractivity (Wildman–Crippen MR) is 38.4 cm³/mol. The van der Waals surface area contributed by atoms with Gasteiger partial charge in [0.05, 0.1) is 6.61 Å². The Morgan fingerprint density at radius 2 is 2.20 bits per heavy atom. The lowest BCUT2D eigenvalue weighted by Crippen LogP contribution is -2.10. The Kier molecular flexibility index (Phi) is 6.18. The van der Waals surface area contributed by atoms with Crippen LogP contribution in [0.1, 0.15) is 26.2 Å². The number of hydrogen-bond acceptors (Lipinski definition) is 2. The average Bonchev–Trinajstić information content (AvgIpc) is 1.98. The molecule has 1 N–H and O–H groups in total. The first-order valence-corrected chi connectivity index (χ1v) is 3.61. The fourth-order valence-electron chi connectivity index (χ4n) is 0.589. The second kappa shape index (κ2) is 6.55. The van der Waals surface area contributed by atoms with Crippen LogP contribution in [0.3, 0.4) is 0 Å². The van der Waals surface area contributed by atoms with Gasteiger partial charge in [0.15, 0.2) is 0 Å². The van der Waals surface area contributed by atoms with Crippen LogP contribution in [0.25, 0.3) is 0 Å². The molecule has 0 fully saturated rings. The van der Waals surface area contributed by atoms with Gasteiger partial charge in [-0.2, -0.15) is 0 Å². The monoisotopic (exact) mass is 144 g/mol. The predicted octanol–water partition coefficient (Wildman–Crippen LogP) is 1.00. The number of carbonyl (C=O) groups excluding carboxylic acids is 1. The molecule has 0 aliphatic rings. The van der Waals surface area contributed by atoms with Crippen molar-refractivity contribution in [1.82, 2.24) is 5.73 Å². The molecule has 0 aliphatic carbocycles. The van der Waals surface area contributed by atoms with Crippen LogP contribution in [0.5, 0.6) is 0 Å². The van der Waals surface area contributed by atoms with Gasteiger partial charge in [0.2, 0.25) is 0 Å². The third kappa shape index (κ3) is 5.56. The summed E-state index contributed by atoms with van der Waals surface area (Å²) < 4.78 is 4.67. The zero-order chi connectivity index (χ0) is 7.82. The molecule has 0 heterocycles. The topological polar surface area (TPSA) is 50.1 Å². The van der Waals surface area contributed by atoms with Crippen molar-refractivity contribution >= 4 is 5.97 Å². The van der Waals surface area contributed by atoms with Crippen LogP contribution in [0.15, 0.2) is 0 Å². The third-order valence-electron chi connectivity index (χ3n) is 1.16. The quantitative estimate of drug-likeness (QED) is 0.427. The molecule has 0 aliphatic heterocycles. The number of hydrogen-bond donors (Lipinski definition) is 0. The molecule has 0 atom stereocenters. The summed E-state index contributed by atoms with van der Waals surface area (Å²) in [7, 11) is 0. The fraction of sp³-hybridized carbons (Fsp3) is 0.857. The van der Waals surface area contributed by atoms with Crippen LogP contribution in [-0.2, 0) is 9.53 Å². The second-order valence-electron chi connectivity index (χ2n) is 2.10. The maximum absolute atomic E-state index is 10.4. The van der Waals surface area contributed by atoms with E-state index in [4.69, 9.17) is 5.73 Å². The summed E-state index contributed by atoms with van der Waals surface area (Å²) in [6, 6.07) is 0. The van der Waals surface area contributed by atoms with E-state index in [1.165, 1.54) is 0 Å². The van der Waals surface area contributed by atoms with Crippen LogP contribution in [0.2, 0.25) is 0 Å².